The van der Waals surface area contributed by atoms with Crippen LogP contribution in [0.2, 0.25) is 0 Å². The van der Waals surface area contributed by atoms with E-state index < -0.39 is 36.3 Å². The smallest absolute Gasteiger partial charge is 0.329 e. The fourth-order valence-corrected chi connectivity index (χ4v) is 4.84. The number of amides is 2. The van der Waals surface area contributed by atoms with Gasteiger partial charge in [0.25, 0.3) is 5.91 Å². The van der Waals surface area contributed by atoms with E-state index in [0.717, 1.165) is 5.57 Å². The summed E-state index contributed by atoms with van der Waals surface area (Å²) in [6.07, 6.45) is 7.56. The van der Waals surface area contributed by atoms with Crippen molar-refractivity contribution in [2.75, 3.05) is 13.1 Å². The molecule has 0 aromatic carbocycles. The van der Waals surface area contributed by atoms with Gasteiger partial charge in [-0.05, 0) is 31.8 Å². The zero-order chi connectivity index (χ0) is 27.8. The number of aliphatic hydroxyl groups excluding tert-OH is 1. The van der Waals surface area contributed by atoms with Gasteiger partial charge in [-0.2, -0.15) is 0 Å². The average Bonchev–Trinajstić information content (AvgIpc) is 3.52. The number of imidazole rings is 1. The molecule has 2 amide bonds. The summed E-state index contributed by atoms with van der Waals surface area (Å²) in [6, 6.07) is -0.734. The maximum absolute atomic E-state index is 14.6. The third-order valence-electron chi connectivity index (χ3n) is 6.77. The number of fused-ring (bicyclic) bond motifs is 3. The molecule has 0 saturated carbocycles. The first-order valence-corrected chi connectivity index (χ1v) is 13.2. The molecule has 1 fully saturated rings. The summed E-state index contributed by atoms with van der Waals surface area (Å²) in [5.74, 6) is -1.12. The summed E-state index contributed by atoms with van der Waals surface area (Å²) in [5, 5.41) is 13.0. The first-order valence-electron chi connectivity index (χ1n) is 13.2. The Morgan fingerprint density at radius 2 is 2.00 bits per heavy atom. The highest BCUT2D eigenvalue weighted by Gasteiger charge is 2.38. The van der Waals surface area contributed by atoms with Crippen LogP contribution in [-0.2, 0) is 20.7 Å². The van der Waals surface area contributed by atoms with Gasteiger partial charge < -0.3 is 25.0 Å². The van der Waals surface area contributed by atoms with Crippen molar-refractivity contribution in [3.63, 3.8) is 0 Å². The van der Waals surface area contributed by atoms with E-state index in [1.807, 2.05) is 20.8 Å². The highest BCUT2D eigenvalue weighted by atomic mass is 19.1. The van der Waals surface area contributed by atoms with Gasteiger partial charge in [0.1, 0.15) is 29.8 Å². The minimum absolute atomic E-state index is 0.0152. The van der Waals surface area contributed by atoms with Crippen LogP contribution in [0.3, 0.4) is 0 Å². The molecule has 9 nitrogen and oxygen atoms in total. The number of aliphatic hydroxyl groups is 1. The molecule has 1 aromatic heterocycles. The van der Waals surface area contributed by atoms with E-state index in [-0.39, 0.29) is 42.8 Å². The molecule has 5 atom stereocenters. The number of alkyl halides is 1. The van der Waals surface area contributed by atoms with Gasteiger partial charge in [0.15, 0.2) is 0 Å². The number of halogens is 1. The van der Waals surface area contributed by atoms with Crippen molar-refractivity contribution in [1.29, 1.82) is 0 Å². The molecular formula is C28H39FN4O5. The summed E-state index contributed by atoms with van der Waals surface area (Å²) in [7, 11) is 0. The lowest BCUT2D eigenvalue weighted by molar-refractivity contribution is -0.158. The molecule has 2 aliphatic heterocycles. The number of ether oxygens (including phenoxy) is 1. The highest BCUT2D eigenvalue weighted by molar-refractivity contribution is 5.95. The first-order chi connectivity index (χ1) is 18.0. The lowest BCUT2D eigenvalue weighted by Crippen LogP contribution is -2.44. The Balaban J connectivity index is 1.85. The van der Waals surface area contributed by atoms with E-state index in [9.17, 15) is 23.9 Å². The van der Waals surface area contributed by atoms with Gasteiger partial charge in [-0.1, -0.05) is 50.6 Å². The van der Waals surface area contributed by atoms with Crippen molar-refractivity contribution < 1.29 is 28.6 Å². The molecule has 3 N–H and O–H groups in total. The second kappa shape index (κ2) is 13.5. The Hall–Kier alpha value is -3.27. The number of hydrogen-bond donors (Lipinski definition) is 3. The number of carbonyl (C=O) groups is 3. The lowest BCUT2D eigenvalue weighted by Gasteiger charge is -2.29. The number of hydrogen-bond acceptors (Lipinski definition) is 6. The summed E-state index contributed by atoms with van der Waals surface area (Å²) >= 11 is 0. The minimum Gasteiger partial charge on any atom is -0.460 e. The number of aromatic nitrogens is 2. The highest BCUT2D eigenvalue weighted by Crippen LogP contribution is 2.25. The molecule has 38 heavy (non-hydrogen) atoms. The minimum atomic E-state index is -1.38. The zero-order valence-corrected chi connectivity index (χ0v) is 22.5. The fraction of sp³-hybridized carbons (Fsp3) is 0.571. The van der Waals surface area contributed by atoms with E-state index >= 15 is 0 Å². The van der Waals surface area contributed by atoms with E-state index in [4.69, 9.17) is 4.74 Å². The number of nitrogens with one attached hydrogen (secondary N) is 2. The Morgan fingerprint density at radius 1 is 1.24 bits per heavy atom. The van der Waals surface area contributed by atoms with E-state index in [1.165, 1.54) is 17.2 Å². The second-order valence-electron chi connectivity index (χ2n) is 10.4. The molecule has 0 radical (unpaired) electrons. The van der Waals surface area contributed by atoms with Crippen LogP contribution in [0.4, 0.5) is 4.39 Å². The summed E-state index contributed by atoms with van der Waals surface area (Å²) in [6.45, 7) is 8.21. The summed E-state index contributed by atoms with van der Waals surface area (Å²) < 4.78 is 20.5. The van der Waals surface area contributed by atoms with Crippen LogP contribution < -0.4 is 5.32 Å². The predicted molar refractivity (Wildman–Crippen MR) is 141 cm³/mol. The molecule has 10 heteroatoms. The Labute approximate surface area is 223 Å². The summed E-state index contributed by atoms with van der Waals surface area (Å²) in [4.78, 5) is 47.1. The quantitative estimate of drug-likeness (QED) is 0.480. The molecule has 3 heterocycles. The predicted octanol–water partition coefficient (Wildman–Crippen LogP) is 3.04. The van der Waals surface area contributed by atoms with E-state index in [0.29, 0.717) is 25.2 Å². The van der Waals surface area contributed by atoms with E-state index in [2.05, 4.69) is 15.3 Å². The Kier molecular flexibility index (Phi) is 10.4. The van der Waals surface area contributed by atoms with Crippen molar-refractivity contribution in [2.45, 2.75) is 77.8 Å². The Bertz CT molecular complexity index is 1080. The fourth-order valence-electron chi connectivity index (χ4n) is 4.84. The van der Waals surface area contributed by atoms with Crippen LogP contribution in [0.15, 0.2) is 42.2 Å². The topological polar surface area (TPSA) is 125 Å². The van der Waals surface area contributed by atoms with Crippen molar-refractivity contribution >= 4 is 17.8 Å². The Morgan fingerprint density at radius 3 is 2.74 bits per heavy atom. The second-order valence-corrected chi connectivity index (χ2v) is 10.4. The number of aromatic amines is 1. The SMILES string of the molecule is CC1=CC(O)CC(F)Cc2ncc([nH]2)C(=O)N2CCCC2C(=O)OC(C(C)C)C(C)/C=C/C(=O)NCC=C1. The average molecular weight is 531 g/mol. The van der Waals surface area contributed by atoms with Crippen molar-refractivity contribution in [3.05, 3.63) is 53.7 Å². The maximum atomic E-state index is 14.6. The molecule has 1 saturated heterocycles. The van der Waals surface area contributed by atoms with Gasteiger partial charge in [0.2, 0.25) is 5.91 Å². The number of esters is 1. The van der Waals surface area contributed by atoms with Gasteiger partial charge in [0.05, 0.1) is 12.3 Å². The van der Waals surface area contributed by atoms with Gasteiger partial charge in [-0.15, -0.1) is 0 Å². The zero-order valence-electron chi connectivity index (χ0n) is 22.5. The van der Waals surface area contributed by atoms with Crippen molar-refractivity contribution in [2.24, 2.45) is 11.8 Å². The molecule has 1 aromatic rings. The van der Waals surface area contributed by atoms with Crippen LogP contribution in [0.25, 0.3) is 0 Å². The normalized spacial score (nSPS) is 29.4. The summed E-state index contributed by atoms with van der Waals surface area (Å²) in [5.41, 5.74) is 0.906. The van der Waals surface area contributed by atoms with Crippen molar-refractivity contribution in [1.82, 2.24) is 20.2 Å². The number of nitrogens with zero attached hydrogens (tertiary/aromatic N) is 2. The molecular weight excluding hydrogens is 491 g/mol. The first kappa shape index (κ1) is 29.3. The molecule has 0 aliphatic carbocycles. The van der Waals surface area contributed by atoms with Gasteiger partial charge in [-0.3, -0.25) is 9.59 Å². The van der Waals surface area contributed by atoms with Crippen LogP contribution in [-0.4, -0.2) is 75.3 Å². The molecule has 5 unspecified atom stereocenters. The molecule has 0 spiro atoms. The number of allylic oxidation sites excluding steroid dienone is 2. The van der Waals surface area contributed by atoms with Gasteiger partial charge >= 0.3 is 5.97 Å². The maximum Gasteiger partial charge on any atom is 0.329 e. The molecule has 2 bridgehead atoms. The van der Waals surface area contributed by atoms with Crippen molar-refractivity contribution in [3.8, 4) is 0 Å². The van der Waals surface area contributed by atoms with Gasteiger partial charge in [-0.25, -0.2) is 14.2 Å². The molecule has 3 rings (SSSR count). The monoisotopic (exact) mass is 530 g/mol. The van der Waals surface area contributed by atoms with Crippen LogP contribution in [0.5, 0.6) is 0 Å². The number of rotatable bonds is 1. The lowest BCUT2D eigenvalue weighted by atomic mass is 9.94. The van der Waals surface area contributed by atoms with Crippen LogP contribution in [0.1, 0.15) is 63.3 Å². The standard InChI is InChI=1S/C28H39FN4O5/c1-17(2)26-19(4)9-10-25(35)30-11-5-7-18(3)13-21(34)14-20(29)15-24-31-16-22(32-24)27(36)33-12-6-8-23(33)28(37)38-26/h5,7,9-10,13,16-17,19-21,23,26,34H,6,8,11-12,14-15H2,1-4H3,(H,30,35)(H,31,32)/b7-5?,10-9+,18-13?. The van der Waals surface area contributed by atoms with Gasteiger partial charge in [0, 0.05) is 31.8 Å². The molecule has 2 aliphatic rings. The number of cyclic esters (lactones) is 1. The largest absolute Gasteiger partial charge is 0.460 e. The third-order valence-corrected chi connectivity index (χ3v) is 6.77. The molecule has 208 valence electrons. The number of carbonyl (C=O) groups excluding carboxylic acids is 3. The van der Waals surface area contributed by atoms with E-state index in [1.54, 1.807) is 31.2 Å². The third kappa shape index (κ3) is 8.11. The number of H-pyrrole nitrogens is 1. The van der Waals surface area contributed by atoms with Crippen LogP contribution in [0, 0.1) is 11.8 Å². The van der Waals surface area contributed by atoms with Crippen LogP contribution >= 0.6 is 0 Å².